The smallest absolute Gasteiger partial charge is 0.345 e. The molecule has 0 saturated heterocycles. The second-order valence-corrected chi connectivity index (χ2v) is 7.26. The quantitative estimate of drug-likeness (QED) is 0.581. The number of nitrogens with one attached hydrogen (secondary N) is 1. The van der Waals surface area contributed by atoms with Crippen molar-refractivity contribution in [1.82, 2.24) is 29.7 Å². The number of halogens is 5. The molecular weight excluding hydrogens is 497 g/mol. The Morgan fingerprint density at radius 1 is 1.33 bits per heavy atom. The molecule has 12 heteroatoms. The van der Waals surface area contributed by atoms with Gasteiger partial charge in [0.25, 0.3) is 5.91 Å². The lowest BCUT2D eigenvalue weighted by Crippen LogP contribution is -2.25. The van der Waals surface area contributed by atoms with Crippen LogP contribution in [0, 0.1) is 6.92 Å². The van der Waals surface area contributed by atoms with Crippen LogP contribution in [0.25, 0.3) is 5.65 Å². The fraction of sp³-hybridized carbons (Fsp3) is 0.333. The lowest BCUT2D eigenvalue weighted by molar-refractivity contribution is -0.142. The summed E-state index contributed by atoms with van der Waals surface area (Å²) in [4.78, 5) is 16.6. The SMILES string of the molecule is CCn1ncc(Br)c1CNC(=O)c1nn2c(C(F)(F)F)cc(C)nc2c1Br. The summed E-state index contributed by atoms with van der Waals surface area (Å²) in [5.74, 6) is -0.631. The summed E-state index contributed by atoms with van der Waals surface area (Å²) in [6, 6.07) is 0.880. The highest BCUT2D eigenvalue weighted by Crippen LogP contribution is 2.32. The molecule has 1 N–H and O–H groups in total. The van der Waals surface area contributed by atoms with Crippen LogP contribution in [-0.2, 0) is 19.3 Å². The summed E-state index contributed by atoms with van der Waals surface area (Å²) in [6.45, 7) is 4.08. The number of hydrogen-bond donors (Lipinski definition) is 1. The number of alkyl halides is 3. The Labute approximate surface area is 168 Å². The van der Waals surface area contributed by atoms with E-state index in [9.17, 15) is 18.0 Å². The maximum absolute atomic E-state index is 13.3. The highest BCUT2D eigenvalue weighted by atomic mass is 79.9. The number of rotatable bonds is 4. The summed E-state index contributed by atoms with van der Waals surface area (Å²) >= 11 is 6.50. The summed E-state index contributed by atoms with van der Waals surface area (Å²) < 4.78 is 43.0. The number of aromatic nitrogens is 5. The Bertz CT molecular complexity index is 1030. The van der Waals surface area contributed by atoms with Crippen molar-refractivity contribution in [3.05, 3.63) is 44.0 Å². The second kappa shape index (κ2) is 7.23. The molecule has 0 aliphatic rings. The molecule has 0 atom stereocenters. The van der Waals surface area contributed by atoms with Crippen molar-refractivity contribution in [3.63, 3.8) is 0 Å². The lowest BCUT2D eigenvalue weighted by Gasteiger charge is -2.09. The highest BCUT2D eigenvalue weighted by Gasteiger charge is 2.36. The molecule has 27 heavy (non-hydrogen) atoms. The minimum atomic E-state index is -4.64. The van der Waals surface area contributed by atoms with Gasteiger partial charge in [-0.2, -0.15) is 23.4 Å². The topological polar surface area (TPSA) is 77.1 Å². The van der Waals surface area contributed by atoms with Crippen molar-refractivity contribution < 1.29 is 18.0 Å². The van der Waals surface area contributed by atoms with Gasteiger partial charge in [0.15, 0.2) is 11.3 Å². The molecule has 0 bridgehead atoms. The first-order valence-electron chi connectivity index (χ1n) is 7.75. The van der Waals surface area contributed by atoms with Gasteiger partial charge >= 0.3 is 6.18 Å². The molecule has 3 heterocycles. The van der Waals surface area contributed by atoms with Crippen LogP contribution >= 0.6 is 31.9 Å². The van der Waals surface area contributed by atoms with E-state index in [1.807, 2.05) is 6.92 Å². The number of nitrogens with zero attached hydrogens (tertiary/aromatic N) is 5. The molecule has 7 nitrogen and oxygen atoms in total. The zero-order valence-electron chi connectivity index (χ0n) is 14.1. The van der Waals surface area contributed by atoms with Crippen LogP contribution in [0.4, 0.5) is 13.2 Å². The summed E-state index contributed by atoms with van der Waals surface area (Å²) in [7, 11) is 0. The van der Waals surface area contributed by atoms with E-state index in [-0.39, 0.29) is 28.1 Å². The first kappa shape index (κ1) is 19.8. The van der Waals surface area contributed by atoms with E-state index in [1.165, 1.54) is 6.92 Å². The van der Waals surface area contributed by atoms with Gasteiger partial charge in [0.05, 0.1) is 27.4 Å². The molecule has 0 fully saturated rings. The third kappa shape index (κ3) is 3.72. The predicted molar refractivity (Wildman–Crippen MR) is 97.2 cm³/mol. The van der Waals surface area contributed by atoms with Crippen molar-refractivity contribution >= 4 is 43.4 Å². The van der Waals surface area contributed by atoms with Gasteiger partial charge in [0, 0.05) is 12.2 Å². The summed E-state index contributed by atoms with van der Waals surface area (Å²) in [5.41, 5.74) is -0.366. The van der Waals surface area contributed by atoms with Gasteiger partial charge < -0.3 is 5.32 Å². The van der Waals surface area contributed by atoms with Crippen molar-refractivity contribution in [2.45, 2.75) is 33.1 Å². The van der Waals surface area contributed by atoms with Crippen LogP contribution < -0.4 is 5.32 Å². The van der Waals surface area contributed by atoms with Crippen molar-refractivity contribution in [3.8, 4) is 0 Å². The van der Waals surface area contributed by atoms with E-state index < -0.39 is 17.8 Å². The fourth-order valence-electron chi connectivity index (χ4n) is 2.54. The molecule has 0 aliphatic heterocycles. The average molecular weight is 510 g/mol. The number of carbonyl (C=O) groups excluding carboxylic acids is 1. The Kier molecular flexibility index (Phi) is 5.30. The van der Waals surface area contributed by atoms with E-state index in [2.05, 4.69) is 52.4 Å². The molecule has 0 saturated carbocycles. The molecule has 3 rings (SSSR count). The molecule has 0 spiro atoms. The molecule has 3 aromatic rings. The van der Waals surface area contributed by atoms with Crippen molar-refractivity contribution in [2.24, 2.45) is 0 Å². The van der Waals surface area contributed by atoms with Crippen LogP contribution in [0.3, 0.4) is 0 Å². The Balaban J connectivity index is 1.96. The maximum Gasteiger partial charge on any atom is 0.433 e. The normalized spacial score (nSPS) is 12.0. The van der Waals surface area contributed by atoms with Gasteiger partial charge in [-0.15, -0.1) is 0 Å². The molecular formula is C15H13Br2F3N6O. The standard InChI is InChI=1S/C15H13Br2F3N6O/c1-3-25-9(8(16)5-22-25)6-21-14(27)12-11(17)13-23-7(2)4-10(15(18,19)20)26(13)24-12/h4-5H,3,6H2,1-2H3,(H,21,27). The van der Waals surface area contributed by atoms with Gasteiger partial charge in [-0.05, 0) is 51.8 Å². The number of hydrogen-bond acceptors (Lipinski definition) is 4. The van der Waals surface area contributed by atoms with Crippen molar-refractivity contribution in [2.75, 3.05) is 0 Å². The zero-order valence-corrected chi connectivity index (χ0v) is 17.3. The summed E-state index contributed by atoms with van der Waals surface area (Å²) in [5, 5.41) is 10.6. The van der Waals surface area contributed by atoms with Gasteiger partial charge in [-0.1, -0.05) is 0 Å². The van der Waals surface area contributed by atoms with Gasteiger partial charge in [0.2, 0.25) is 0 Å². The lowest BCUT2D eigenvalue weighted by atomic mass is 10.3. The Morgan fingerprint density at radius 3 is 2.67 bits per heavy atom. The van der Waals surface area contributed by atoms with E-state index in [1.54, 1.807) is 10.9 Å². The van der Waals surface area contributed by atoms with Gasteiger partial charge in [-0.25, -0.2) is 9.50 Å². The van der Waals surface area contributed by atoms with Crippen LogP contribution in [0.1, 0.15) is 34.5 Å². The minimum Gasteiger partial charge on any atom is -0.345 e. The minimum absolute atomic E-state index is 0.0766. The molecule has 144 valence electrons. The largest absolute Gasteiger partial charge is 0.433 e. The van der Waals surface area contributed by atoms with Gasteiger partial charge in [0.1, 0.15) is 5.69 Å². The predicted octanol–water partition coefficient (Wildman–Crippen LogP) is 3.73. The number of carbonyl (C=O) groups is 1. The van der Waals surface area contributed by atoms with Crippen LogP contribution in [0.2, 0.25) is 0 Å². The first-order chi connectivity index (χ1) is 12.6. The van der Waals surface area contributed by atoms with E-state index in [4.69, 9.17) is 0 Å². The van der Waals surface area contributed by atoms with Crippen LogP contribution in [0.15, 0.2) is 21.2 Å². The monoisotopic (exact) mass is 508 g/mol. The van der Waals surface area contributed by atoms with Crippen LogP contribution in [0.5, 0.6) is 0 Å². The molecule has 3 aromatic heterocycles. The molecule has 1 amide bonds. The number of amides is 1. The Morgan fingerprint density at radius 2 is 2.04 bits per heavy atom. The van der Waals surface area contributed by atoms with Crippen molar-refractivity contribution in [1.29, 1.82) is 0 Å². The van der Waals surface area contributed by atoms with E-state index >= 15 is 0 Å². The Hall–Kier alpha value is -1.95. The maximum atomic E-state index is 13.3. The molecule has 0 radical (unpaired) electrons. The summed E-state index contributed by atoms with van der Waals surface area (Å²) in [6.07, 6.45) is -3.03. The zero-order chi connectivity index (χ0) is 19.9. The first-order valence-corrected chi connectivity index (χ1v) is 9.33. The highest BCUT2D eigenvalue weighted by molar-refractivity contribution is 9.11. The van der Waals surface area contributed by atoms with Gasteiger partial charge in [-0.3, -0.25) is 9.48 Å². The molecule has 0 aromatic carbocycles. The molecule has 0 unspecified atom stereocenters. The number of fused-ring (bicyclic) bond motifs is 1. The third-order valence-electron chi connectivity index (χ3n) is 3.78. The number of aryl methyl sites for hydroxylation is 2. The van der Waals surface area contributed by atoms with E-state index in [0.29, 0.717) is 11.1 Å². The van der Waals surface area contributed by atoms with E-state index in [0.717, 1.165) is 16.2 Å². The molecule has 0 aliphatic carbocycles. The fourth-order valence-corrected chi connectivity index (χ4v) is 3.50. The third-order valence-corrected chi connectivity index (χ3v) is 5.17. The van der Waals surface area contributed by atoms with Crippen LogP contribution in [-0.4, -0.2) is 30.3 Å². The second-order valence-electron chi connectivity index (χ2n) is 5.62. The average Bonchev–Trinajstić information content (AvgIpc) is 3.11.